The van der Waals surface area contributed by atoms with E-state index in [0.717, 1.165) is 44.9 Å². The van der Waals surface area contributed by atoms with Crippen molar-refractivity contribution in [3.8, 4) is 0 Å². The molecule has 2 saturated heterocycles. The summed E-state index contributed by atoms with van der Waals surface area (Å²) in [6.07, 6.45) is 18.2. The van der Waals surface area contributed by atoms with Crippen LogP contribution in [-0.2, 0) is 4.79 Å². The van der Waals surface area contributed by atoms with Crippen LogP contribution in [0, 0.1) is 5.92 Å². The van der Waals surface area contributed by atoms with E-state index in [4.69, 9.17) is 0 Å². The molecule has 0 saturated carbocycles. The van der Waals surface area contributed by atoms with Gasteiger partial charge in [-0.1, -0.05) is 64.7 Å². The van der Waals surface area contributed by atoms with Crippen molar-refractivity contribution < 1.29 is 4.79 Å². The van der Waals surface area contributed by atoms with Crippen LogP contribution in [0.15, 0.2) is 0 Å². The van der Waals surface area contributed by atoms with E-state index < -0.39 is 0 Å². The third-order valence-corrected chi connectivity index (χ3v) is 6.93. The Morgan fingerprint density at radius 3 is 1.89 bits per heavy atom. The lowest BCUT2D eigenvalue weighted by atomic mass is 9.93. The summed E-state index contributed by atoms with van der Waals surface area (Å²) in [7, 11) is 2.22. The number of rotatable bonds is 13. The number of unbranched alkanes of at least 4 members (excludes halogenated alkanes) is 9. The van der Waals surface area contributed by atoms with Gasteiger partial charge in [0.2, 0.25) is 5.91 Å². The molecule has 164 valence electrons. The summed E-state index contributed by atoms with van der Waals surface area (Å²) in [5.41, 5.74) is 0. The van der Waals surface area contributed by atoms with Crippen molar-refractivity contribution in [3.63, 3.8) is 0 Å². The number of amides is 1. The van der Waals surface area contributed by atoms with E-state index in [1.807, 2.05) is 0 Å². The molecule has 1 amide bonds. The average molecular weight is 394 g/mol. The van der Waals surface area contributed by atoms with Crippen LogP contribution in [0.2, 0.25) is 0 Å². The molecule has 2 aliphatic rings. The van der Waals surface area contributed by atoms with E-state index in [-0.39, 0.29) is 5.92 Å². The van der Waals surface area contributed by atoms with Gasteiger partial charge in [0.25, 0.3) is 0 Å². The Morgan fingerprint density at radius 2 is 1.32 bits per heavy atom. The highest BCUT2D eigenvalue weighted by molar-refractivity contribution is 5.78. The van der Waals surface area contributed by atoms with Crippen molar-refractivity contribution in [3.05, 3.63) is 0 Å². The molecule has 0 spiro atoms. The van der Waals surface area contributed by atoms with Crippen molar-refractivity contribution in [1.82, 2.24) is 15.1 Å². The van der Waals surface area contributed by atoms with Crippen LogP contribution < -0.4 is 5.32 Å². The van der Waals surface area contributed by atoms with Crippen LogP contribution in [0.5, 0.6) is 0 Å². The minimum Gasteiger partial charge on any atom is -0.356 e. The SMILES string of the molecule is CCCCCCCCCCCCNC(=O)C1CCN(C2CCN(C)CC2)CC1. The predicted octanol–water partition coefficient (Wildman–Crippen LogP) is 4.83. The zero-order valence-corrected chi connectivity index (χ0v) is 18.9. The summed E-state index contributed by atoms with van der Waals surface area (Å²) in [4.78, 5) is 17.5. The molecule has 1 N–H and O–H groups in total. The summed E-state index contributed by atoms with van der Waals surface area (Å²) in [5, 5.41) is 3.21. The maximum atomic E-state index is 12.4. The molecule has 0 aromatic rings. The molecule has 28 heavy (non-hydrogen) atoms. The molecule has 0 unspecified atom stereocenters. The van der Waals surface area contributed by atoms with Gasteiger partial charge in [-0.15, -0.1) is 0 Å². The van der Waals surface area contributed by atoms with Crippen molar-refractivity contribution in [2.75, 3.05) is 39.8 Å². The molecule has 0 aromatic carbocycles. The second kappa shape index (κ2) is 14.4. The Bertz CT molecular complexity index is 399. The van der Waals surface area contributed by atoms with E-state index in [9.17, 15) is 4.79 Å². The Morgan fingerprint density at radius 1 is 0.786 bits per heavy atom. The van der Waals surface area contributed by atoms with Gasteiger partial charge in [0, 0.05) is 18.5 Å². The summed E-state index contributed by atoms with van der Waals surface area (Å²) in [6.45, 7) is 7.84. The van der Waals surface area contributed by atoms with E-state index in [2.05, 4.69) is 29.1 Å². The summed E-state index contributed by atoms with van der Waals surface area (Å²) >= 11 is 0. The first-order valence-electron chi connectivity index (χ1n) is 12.4. The number of carbonyl (C=O) groups excluding carboxylic acids is 1. The number of carbonyl (C=O) groups is 1. The molecular formula is C24H47N3O. The first-order chi connectivity index (χ1) is 13.7. The Balaban J connectivity index is 1.43. The monoisotopic (exact) mass is 393 g/mol. The maximum Gasteiger partial charge on any atom is 0.223 e. The van der Waals surface area contributed by atoms with Gasteiger partial charge >= 0.3 is 0 Å². The molecule has 2 aliphatic heterocycles. The van der Waals surface area contributed by atoms with E-state index >= 15 is 0 Å². The molecule has 2 heterocycles. The van der Waals surface area contributed by atoms with Gasteiger partial charge < -0.3 is 15.1 Å². The smallest absolute Gasteiger partial charge is 0.223 e. The first-order valence-corrected chi connectivity index (χ1v) is 12.4. The van der Waals surface area contributed by atoms with E-state index in [1.165, 1.54) is 83.7 Å². The van der Waals surface area contributed by atoms with Gasteiger partial charge in [-0.2, -0.15) is 0 Å². The molecule has 0 aromatic heterocycles. The van der Waals surface area contributed by atoms with Crippen LogP contribution >= 0.6 is 0 Å². The number of hydrogen-bond acceptors (Lipinski definition) is 3. The normalized spacial score (nSPS) is 20.5. The Hall–Kier alpha value is -0.610. The van der Waals surface area contributed by atoms with Gasteiger partial charge in [0.1, 0.15) is 0 Å². The van der Waals surface area contributed by atoms with Crippen LogP contribution in [0.4, 0.5) is 0 Å². The van der Waals surface area contributed by atoms with Gasteiger partial charge in [-0.25, -0.2) is 0 Å². The molecule has 4 heteroatoms. The summed E-state index contributed by atoms with van der Waals surface area (Å²) in [6, 6.07) is 0.756. The third kappa shape index (κ3) is 9.26. The highest BCUT2D eigenvalue weighted by atomic mass is 16.1. The Kier molecular flexibility index (Phi) is 12.2. The Labute approximate surface area is 174 Å². The van der Waals surface area contributed by atoms with Gasteiger partial charge in [-0.3, -0.25) is 4.79 Å². The summed E-state index contributed by atoms with van der Waals surface area (Å²) < 4.78 is 0. The zero-order valence-electron chi connectivity index (χ0n) is 18.9. The standard InChI is InChI=1S/C24H47N3O/c1-3-4-5-6-7-8-9-10-11-12-17-25-24(28)22-13-20-27(21-14-22)23-15-18-26(2)19-16-23/h22-23H,3-21H2,1-2H3,(H,25,28). The van der Waals surface area contributed by atoms with Crippen LogP contribution in [0.3, 0.4) is 0 Å². The average Bonchev–Trinajstić information content (AvgIpc) is 2.72. The molecule has 2 fully saturated rings. The van der Waals surface area contributed by atoms with Crippen LogP contribution in [-0.4, -0.2) is 61.5 Å². The minimum atomic E-state index is 0.255. The van der Waals surface area contributed by atoms with E-state index in [1.54, 1.807) is 0 Å². The fourth-order valence-corrected chi connectivity index (χ4v) is 4.86. The largest absolute Gasteiger partial charge is 0.356 e. The van der Waals surface area contributed by atoms with Crippen molar-refractivity contribution in [2.24, 2.45) is 5.92 Å². The molecule has 0 radical (unpaired) electrons. The molecule has 0 aliphatic carbocycles. The van der Waals surface area contributed by atoms with Gasteiger partial charge in [0.15, 0.2) is 0 Å². The van der Waals surface area contributed by atoms with Crippen molar-refractivity contribution in [2.45, 2.75) is 103 Å². The molecular weight excluding hydrogens is 346 g/mol. The molecule has 4 nitrogen and oxygen atoms in total. The zero-order chi connectivity index (χ0) is 20.0. The maximum absolute atomic E-state index is 12.4. The summed E-state index contributed by atoms with van der Waals surface area (Å²) in [5.74, 6) is 0.574. The minimum absolute atomic E-state index is 0.255. The lowest BCUT2D eigenvalue weighted by Crippen LogP contribution is -2.48. The number of nitrogens with zero attached hydrogens (tertiary/aromatic N) is 2. The van der Waals surface area contributed by atoms with E-state index in [0.29, 0.717) is 5.91 Å². The molecule has 2 rings (SSSR count). The number of hydrogen-bond donors (Lipinski definition) is 1. The quantitative estimate of drug-likeness (QED) is 0.455. The fraction of sp³-hybridized carbons (Fsp3) is 0.958. The van der Waals surface area contributed by atoms with Gasteiger partial charge in [0.05, 0.1) is 0 Å². The van der Waals surface area contributed by atoms with Crippen LogP contribution in [0.1, 0.15) is 96.8 Å². The highest BCUT2D eigenvalue weighted by Crippen LogP contribution is 2.23. The van der Waals surface area contributed by atoms with Crippen molar-refractivity contribution in [1.29, 1.82) is 0 Å². The molecule has 0 atom stereocenters. The lowest BCUT2D eigenvalue weighted by molar-refractivity contribution is -0.126. The predicted molar refractivity (Wildman–Crippen MR) is 120 cm³/mol. The second-order valence-corrected chi connectivity index (χ2v) is 9.32. The topological polar surface area (TPSA) is 35.6 Å². The fourth-order valence-electron chi connectivity index (χ4n) is 4.86. The number of likely N-dealkylation sites (tertiary alicyclic amines) is 2. The van der Waals surface area contributed by atoms with Crippen molar-refractivity contribution >= 4 is 5.91 Å². The number of nitrogens with one attached hydrogen (secondary N) is 1. The molecule has 0 bridgehead atoms. The third-order valence-electron chi connectivity index (χ3n) is 6.93. The highest BCUT2D eigenvalue weighted by Gasteiger charge is 2.29. The number of piperidine rings is 2. The first kappa shape index (κ1) is 23.7. The second-order valence-electron chi connectivity index (χ2n) is 9.32. The van der Waals surface area contributed by atoms with Crippen LogP contribution in [0.25, 0.3) is 0 Å². The van der Waals surface area contributed by atoms with Gasteiger partial charge in [-0.05, 0) is 65.3 Å². The lowest BCUT2D eigenvalue weighted by Gasteiger charge is -2.40.